The van der Waals surface area contributed by atoms with Crippen LogP contribution < -0.4 is 9.47 Å². The van der Waals surface area contributed by atoms with E-state index in [2.05, 4.69) is 0 Å². The van der Waals surface area contributed by atoms with Crippen LogP contribution >= 0.6 is 0 Å². The molecule has 24 heavy (non-hydrogen) atoms. The van der Waals surface area contributed by atoms with Gasteiger partial charge in [0, 0.05) is 6.07 Å². The fourth-order valence-corrected chi connectivity index (χ4v) is 1.97. The highest BCUT2D eigenvalue weighted by Gasteiger charge is 2.22. The summed E-state index contributed by atoms with van der Waals surface area (Å²) in [4.78, 5) is 20.4. The van der Waals surface area contributed by atoms with Crippen molar-refractivity contribution in [2.75, 3.05) is 6.61 Å². The molecular weight excluding hydrogens is 320 g/mol. The number of aliphatic hydroxyl groups is 1. The first-order chi connectivity index (χ1) is 11.5. The van der Waals surface area contributed by atoms with Crippen molar-refractivity contribution in [1.82, 2.24) is 0 Å². The lowest BCUT2D eigenvalue weighted by atomic mass is 10.2. The Morgan fingerprint density at radius 3 is 2.29 bits per heavy atom. The van der Waals surface area contributed by atoms with Gasteiger partial charge in [-0.15, -0.1) is 0 Å². The molecule has 0 unspecified atom stereocenters. The second kappa shape index (κ2) is 7.38. The number of nitro benzene ring substituents is 2. The number of aliphatic hydroxyl groups excluding tert-OH is 1. The summed E-state index contributed by atoms with van der Waals surface area (Å²) < 4.78 is 10.9. The van der Waals surface area contributed by atoms with E-state index in [-0.39, 0.29) is 18.1 Å². The summed E-state index contributed by atoms with van der Waals surface area (Å²) in [7, 11) is 0. The Morgan fingerprint density at radius 1 is 1.00 bits per heavy atom. The number of nitro groups is 2. The van der Waals surface area contributed by atoms with Gasteiger partial charge in [-0.25, -0.2) is 0 Å². The molecule has 0 aliphatic heterocycles. The Kier molecular flexibility index (Phi) is 5.27. The van der Waals surface area contributed by atoms with Crippen LogP contribution in [0.2, 0.25) is 0 Å². The van der Waals surface area contributed by atoms with Gasteiger partial charge in [-0.3, -0.25) is 20.2 Å². The van der Waals surface area contributed by atoms with Gasteiger partial charge in [0.2, 0.25) is 5.75 Å². The molecule has 0 saturated heterocycles. The number of nitrogens with zero attached hydrogens (tertiary/aromatic N) is 2. The van der Waals surface area contributed by atoms with Crippen molar-refractivity contribution in [2.45, 2.75) is 13.5 Å². The Morgan fingerprint density at radius 2 is 1.71 bits per heavy atom. The smallest absolute Gasteiger partial charge is 0.318 e. The van der Waals surface area contributed by atoms with Crippen molar-refractivity contribution in [2.24, 2.45) is 0 Å². The zero-order valence-electron chi connectivity index (χ0n) is 12.7. The number of rotatable bonds is 7. The zero-order chi connectivity index (χ0) is 17.7. The molecule has 1 N–H and O–H groups in total. The number of hydrogen-bond donors (Lipinski definition) is 1. The van der Waals surface area contributed by atoms with Gasteiger partial charge in [-0.1, -0.05) is 6.07 Å². The predicted octanol–water partition coefficient (Wildman–Crippen LogP) is 3.19. The largest absolute Gasteiger partial charge is 0.490 e. The molecule has 0 saturated carbocycles. The Hall–Kier alpha value is -3.20. The van der Waals surface area contributed by atoms with Crippen LogP contribution in [0.4, 0.5) is 11.4 Å². The zero-order valence-corrected chi connectivity index (χ0v) is 12.7. The van der Waals surface area contributed by atoms with E-state index in [1.807, 2.05) is 0 Å². The van der Waals surface area contributed by atoms with Crippen LogP contribution in [0.3, 0.4) is 0 Å². The van der Waals surface area contributed by atoms with Crippen molar-refractivity contribution >= 4 is 11.4 Å². The minimum Gasteiger partial charge on any atom is -0.490 e. The molecule has 0 fully saturated rings. The van der Waals surface area contributed by atoms with E-state index in [9.17, 15) is 20.2 Å². The second-order valence-corrected chi connectivity index (χ2v) is 4.64. The number of non-ortho nitro benzene ring substituents is 1. The van der Waals surface area contributed by atoms with Gasteiger partial charge in [0.15, 0.2) is 11.5 Å². The van der Waals surface area contributed by atoms with Crippen molar-refractivity contribution in [1.29, 1.82) is 0 Å². The molecule has 126 valence electrons. The van der Waals surface area contributed by atoms with E-state index in [0.717, 1.165) is 18.2 Å². The molecule has 9 nitrogen and oxygen atoms in total. The summed E-state index contributed by atoms with van der Waals surface area (Å²) in [6.07, 6.45) is 0. The van der Waals surface area contributed by atoms with Crippen LogP contribution in [0.15, 0.2) is 36.4 Å². The molecule has 0 spiro atoms. The highest BCUT2D eigenvalue weighted by atomic mass is 16.6. The molecule has 0 radical (unpaired) electrons. The molecule has 9 heteroatoms. The van der Waals surface area contributed by atoms with E-state index >= 15 is 0 Å². The van der Waals surface area contributed by atoms with Gasteiger partial charge in [0.05, 0.1) is 29.1 Å². The standard InChI is InChI=1S/C15H14N2O7/c1-2-23-15-7-10(9-18)3-5-14(15)24-13-6-4-11(16(19)20)8-12(13)17(21)22/h3-8,18H,2,9H2,1H3. The third-order valence-corrected chi connectivity index (χ3v) is 3.06. The summed E-state index contributed by atoms with van der Waals surface area (Å²) in [5, 5.41) is 31.1. The van der Waals surface area contributed by atoms with Crippen molar-refractivity contribution < 1.29 is 24.4 Å². The van der Waals surface area contributed by atoms with Crippen LogP contribution in [0.1, 0.15) is 12.5 Å². The lowest BCUT2D eigenvalue weighted by molar-refractivity contribution is -0.394. The number of ether oxygens (including phenoxy) is 2. The van der Waals surface area contributed by atoms with Crippen LogP contribution in [0, 0.1) is 20.2 Å². The Bertz CT molecular complexity index is 776. The molecule has 0 aliphatic rings. The summed E-state index contributed by atoms with van der Waals surface area (Å²) in [6.45, 7) is 1.88. The normalized spacial score (nSPS) is 10.2. The van der Waals surface area contributed by atoms with E-state index < -0.39 is 21.2 Å². The van der Waals surface area contributed by atoms with E-state index in [0.29, 0.717) is 17.9 Å². The second-order valence-electron chi connectivity index (χ2n) is 4.64. The first-order valence-corrected chi connectivity index (χ1v) is 6.93. The van der Waals surface area contributed by atoms with Gasteiger partial charge >= 0.3 is 5.69 Å². The van der Waals surface area contributed by atoms with Crippen LogP contribution in [-0.2, 0) is 6.61 Å². The maximum Gasteiger partial charge on any atom is 0.318 e. The average molecular weight is 334 g/mol. The quantitative estimate of drug-likeness (QED) is 0.608. The summed E-state index contributed by atoms with van der Waals surface area (Å²) in [5.74, 6) is 0.353. The molecule has 2 aromatic carbocycles. The molecule has 0 bridgehead atoms. The first-order valence-electron chi connectivity index (χ1n) is 6.93. The van der Waals surface area contributed by atoms with Crippen LogP contribution in [0.5, 0.6) is 17.2 Å². The van der Waals surface area contributed by atoms with Gasteiger partial charge in [-0.2, -0.15) is 0 Å². The van der Waals surface area contributed by atoms with Gasteiger partial charge in [0.1, 0.15) is 0 Å². The Labute approximate surface area is 136 Å². The summed E-state index contributed by atoms with van der Waals surface area (Å²) in [6, 6.07) is 7.74. The van der Waals surface area contributed by atoms with Crippen molar-refractivity contribution in [3.63, 3.8) is 0 Å². The first kappa shape index (κ1) is 17.2. The molecule has 0 aromatic heterocycles. The third-order valence-electron chi connectivity index (χ3n) is 3.06. The van der Waals surface area contributed by atoms with Crippen LogP contribution in [0.25, 0.3) is 0 Å². The minimum absolute atomic E-state index is 0.150. The van der Waals surface area contributed by atoms with E-state index in [4.69, 9.17) is 14.6 Å². The van der Waals surface area contributed by atoms with Gasteiger partial charge < -0.3 is 14.6 Å². The lowest BCUT2D eigenvalue weighted by Crippen LogP contribution is -1.99. The molecule has 0 heterocycles. The molecule has 0 aliphatic carbocycles. The predicted molar refractivity (Wildman–Crippen MR) is 83.4 cm³/mol. The highest BCUT2D eigenvalue weighted by Crippen LogP contribution is 2.38. The van der Waals surface area contributed by atoms with E-state index in [1.54, 1.807) is 19.1 Å². The molecule has 2 aromatic rings. The fraction of sp³-hybridized carbons (Fsp3) is 0.200. The average Bonchev–Trinajstić information content (AvgIpc) is 2.56. The van der Waals surface area contributed by atoms with Gasteiger partial charge in [0.25, 0.3) is 5.69 Å². The number of benzene rings is 2. The topological polar surface area (TPSA) is 125 Å². The highest BCUT2D eigenvalue weighted by molar-refractivity contribution is 5.56. The monoisotopic (exact) mass is 334 g/mol. The van der Waals surface area contributed by atoms with Crippen LogP contribution in [-0.4, -0.2) is 21.6 Å². The Balaban J connectivity index is 2.43. The number of hydrogen-bond acceptors (Lipinski definition) is 7. The SMILES string of the molecule is CCOc1cc(CO)ccc1Oc1ccc([N+](=O)[O-])cc1[N+](=O)[O-]. The molecular formula is C15H14N2O7. The molecule has 0 amide bonds. The fourth-order valence-electron chi connectivity index (χ4n) is 1.97. The lowest BCUT2D eigenvalue weighted by Gasteiger charge is -2.12. The van der Waals surface area contributed by atoms with E-state index in [1.165, 1.54) is 6.07 Å². The summed E-state index contributed by atoms with van der Waals surface area (Å²) in [5.41, 5.74) is -0.350. The molecule has 2 rings (SSSR count). The third kappa shape index (κ3) is 3.76. The van der Waals surface area contributed by atoms with Crippen molar-refractivity contribution in [3.8, 4) is 17.2 Å². The van der Waals surface area contributed by atoms with Gasteiger partial charge in [-0.05, 0) is 30.7 Å². The summed E-state index contributed by atoms with van der Waals surface area (Å²) >= 11 is 0. The van der Waals surface area contributed by atoms with Crippen molar-refractivity contribution in [3.05, 3.63) is 62.2 Å². The molecule has 0 atom stereocenters. The maximum atomic E-state index is 11.1. The minimum atomic E-state index is -0.759. The maximum absolute atomic E-state index is 11.1.